The van der Waals surface area contributed by atoms with E-state index in [9.17, 15) is 9.59 Å². The molecule has 3 heterocycles. The molecule has 0 bridgehead atoms. The number of nitrogens with two attached hydrogens (primary N) is 1. The molecule has 1 saturated heterocycles. The number of primary amides is 1. The third kappa shape index (κ3) is 4.13. The zero-order valence-electron chi connectivity index (χ0n) is 16.5. The van der Waals surface area contributed by atoms with Crippen LogP contribution in [0.3, 0.4) is 0 Å². The first-order valence-electron chi connectivity index (χ1n) is 9.98. The first-order valence-corrected chi connectivity index (χ1v) is 9.98. The maximum atomic E-state index is 12.8. The Morgan fingerprint density at radius 3 is 2.83 bits per heavy atom. The largest absolute Gasteiger partial charge is 0.366 e. The van der Waals surface area contributed by atoms with Crippen molar-refractivity contribution < 1.29 is 9.59 Å². The van der Waals surface area contributed by atoms with Crippen molar-refractivity contribution in [2.75, 3.05) is 13.1 Å². The Morgan fingerprint density at radius 1 is 1.24 bits per heavy atom. The smallest absolute Gasteiger partial charge is 0.250 e. The van der Waals surface area contributed by atoms with Gasteiger partial charge >= 0.3 is 0 Å². The van der Waals surface area contributed by atoms with E-state index in [0.717, 1.165) is 36.0 Å². The van der Waals surface area contributed by atoms with Gasteiger partial charge in [-0.3, -0.25) is 19.3 Å². The molecule has 0 spiro atoms. The van der Waals surface area contributed by atoms with E-state index in [1.54, 1.807) is 4.68 Å². The molecule has 1 aliphatic heterocycles. The number of fused-ring (bicyclic) bond motifs is 1. The Hall–Kier alpha value is -3.22. The van der Waals surface area contributed by atoms with Crippen molar-refractivity contribution in [3.63, 3.8) is 0 Å². The van der Waals surface area contributed by atoms with E-state index >= 15 is 0 Å². The SMILES string of the molecule is Cc1ccn(CCC(=O)N2CCC[C@@H](c3nc4ccccc4cc3C(N)=O)C2)n1. The Kier molecular flexibility index (Phi) is 5.29. The van der Waals surface area contributed by atoms with E-state index < -0.39 is 5.91 Å². The number of nitrogens with zero attached hydrogens (tertiary/aromatic N) is 4. The number of aryl methyl sites for hydroxylation is 2. The van der Waals surface area contributed by atoms with Gasteiger partial charge in [0.15, 0.2) is 0 Å². The highest BCUT2D eigenvalue weighted by molar-refractivity contribution is 5.97. The van der Waals surface area contributed by atoms with Crippen LogP contribution >= 0.6 is 0 Å². The fraction of sp³-hybridized carbons (Fsp3) is 0.364. The van der Waals surface area contributed by atoms with E-state index in [1.165, 1.54) is 0 Å². The maximum absolute atomic E-state index is 12.8. The van der Waals surface area contributed by atoms with Crippen molar-refractivity contribution in [3.8, 4) is 0 Å². The number of likely N-dealkylation sites (tertiary alicyclic amines) is 1. The van der Waals surface area contributed by atoms with Gasteiger partial charge in [0.05, 0.1) is 22.5 Å². The number of carbonyl (C=O) groups excluding carboxylic acids is 2. The lowest BCUT2D eigenvalue weighted by atomic mass is 9.90. The molecule has 0 radical (unpaired) electrons. The highest BCUT2D eigenvalue weighted by atomic mass is 16.2. The Bertz CT molecular complexity index is 1060. The van der Waals surface area contributed by atoms with Crippen molar-refractivity contribution in [1.29, 1.82) is 0 Å². The van der Waals surface area contributed by atoms with Crippen LogP contribution in [0.15, 0.2) is 42.6 Å². The first kappa shape index (κ1) is 19.1. The number of para-hydroxylation sites is 1. The summed E-state index contributed by atoms with van der Waals surface area (Å²) in [7, 11) is 0. The lowest BCUT2D eigenvalue weighted by molar-refractivity contribution is -0.132. The van der Waals surface area contributed by atoms with Gasteiger partial charge < -0.3 is 10.6 Å². The number of hydrogen-bond acceptors (Lipinski definition) is 4. The average Bonchev–Trinajstić information content (AvgIpc) is 3.16. The van der Waals surface area contributed by atoms with Gasteiger partial charge in [-0.1, -0.05) is 18.2 Å². The summed E-state index contributed by atoms with van der Waals surface area (Å²) in [5, 5.41) is 5.23. The summed E-state index contributed by atoms with van der Waals surface area (Å²) in [6.45, 7) is 3.78. The minimum atomic E-state index is -0.476. The molecular formula is C22H25N5O2. The molecule has 0 unspecified atom stereocenters. The second-order valence-corrected chi connectivity index (χ2v) is 7.63. The molecule has 3 aromatic rings. The third-order valence-corrected chi connectivity index (χ3v) is 5.51. The van der Waals surface area contributed by atoms with Crippen LogP contribution in [0.5, 0.6) is 0 Å². The minimum Gasteiger partial charge on any atom is -0.366 e. The van der Waals surface area contributed by atoms with Gasteiger partial charge in [-0.15, -0.1) is 0 Å². The summed E-state index contributed by atoms with van der Waals surface area (Å²) in [6.07, 6.45) is 4.05. The number of piperidine rings is 1. The number of amides is 2. The molecule has 2 N–H and O–H groups in total. The van der Waals surface area contributed by atoms with Gasteiger partial charge in [0.2, 0.25) is 5.91 Å². The predicted octanol–water partition coefficient (Wildman–Crippen LogP) is 2.63. The number of hydrogen-bond donors (Lipinski definition) is 1. The summed E-state index contributed by atoms with van der Waals surface area (Å²) in [5.41, 5.74) is 8.59. The average molecular weight is 391 g/mol. The van der Waals surface area contributed by atoms with Crippen molar-refractivity contribution in [3.05, 3.63) is 59.5 Å². The number of benzene rings is 1. The molecule has 0 saturated carbocycles. The zero-order chi connectivity index (χ0) is 20.4. The van der Waals surface area contributed by atoms with E-state index in [0.29, 0.717) is 30.8 Å². The van der Waals surface area contributed by atoms with Crippen molar-refractivity contribution in [2.45, 2.75) is 38.6 Å². The number of pyridine rings is 1. The topological polar surface area (TPSA) is 94.1 Å². The van der Waals surface area contributed by atoms with Gasteiger partial charge in [-0.05, 0) is 38.0 Å². The van der Waals surface area contributed by atoms with Gasteiger partial charge in [-0.2, -0.15) is 5.10 Å². The molecule has 2 amide bonds. The Balaban J connectivity index is 1.52. The summed E-state index contributed by atoms with van der Waals surface area (Å²) < 4.78 is 1.80. The molecule has 1 aromatic carbocycles. The third-order valence-electron chi connectivity index (χ3n) is 5.51. The molecule has 7 heteroatoms. The molecule has 150 valence electrons. The van der Waals surface area contributed by atoms with Gasteiger partial charge in [0.25, 0.3) is 5.91 Å². The van der Waals surface area contributed by atoms with Crippen LogP contribution in [0.4, 0.5) is 0 Å². The summed E-state index contributed by atoms with van der Waals surface area (Å²) >= 11 is 0. The summed E-state index contributed by atoms with van der Waals surface area (Å²) in [4.78, 5) is 31.5. The van der Waals surface area contributed by atoms with Crippen LogP contribution in [0.2, 0.25) is 0 Å². The lowest BCUT2D eigenvalue weighted by Crippen LogP contribution is -2.40. The molecule has 29 heavy (non-hydrogen) atoms. The van der Waals surface area contributed by atoms with Crippen molar-refractivity contribution in [1.82, 2.24) is 19.7 Å². The standard InChI is InChI=1S/C22H25N5O2/c1-15-8-11-27(25-15)12-9-20(28)26-10-4-6-17(14-26)21-18(22(23)29)13-16-5-2-3-7-19(16)24-21/h2-3,5,7-8,11,13,17H,4,6,9-10,12,14H2,1H3,(H2,23,29)/t17-/m1/s1. The number of rotatable bonds is 5. The predicted molar refractivity (Wildman–Crippen MR) is 110 cm³/mol. The van der Waals surface area contributed by atoms with Crippen molar-refractivity contribution in [2.24, 2.45) is 5.73 Å². The van der Waals surface area contributed by atoms with Gasteiger partial charge in [-0.25, -0.2) is 0 Å². The van der Waals surface area contributed by atoms with Crippen molar-refractivity contribution >= 4 is 22.7 Å². The number of carbonyl (C=O) groups is 2. The molecule has 1 aliphatic rings. The fourth-order valence-electron chi connectivity index (χ4n) is 4.02. The van der Waals surface area contributed by atoms with Crippen LogP contribution in [0.25, 0.3) is 10.9 Å². The minimum absolute atomic E-state index is 0.00625. The molecule has 7 nitrogen and oxygen atoms in total. The molecule has 1 atom stereocenters. The lowest BCUT2D eigenvalue weighted by Gasteiger charge is -2.33. The van der Waals surface area contributed by atoms with Gasteiger partial charge in [0, 0.05) is 43.6 Å². The number of aromatic nitrogens is 3. The monoisotopic (exact) mass is 391 g/mol. The molecular weight excluding hydrogens is 366 g/mol. The van der Waals surface area contributed by atoms with Crippen LogP contribution in [0, 0.1) is 6.92 Å². The second-order valence-electron chi connectivity index (χ2n) is 7.63. The van der Waals surface area contributed by atoms with Crippen LogP contribution in [-0.4, -0.2) is 44.6 Å². The Labute approximate surface area is 169 Å². The van der Waals surface area contributed by atoms with Crippen LogP contribution < -0.4 is 5.73 Å². The second kappa shape index (κ2) is 8.03. The summed E-state index contributed by atoms with van der Waals surface area (Å²) in [6, 6.07) is 11.4. The molecule has 4 rings (SSSR count). The highest BCUT2D eigenvalue weighted by Gasteiger charge is 2.28. The molecule has 2 aromatic heterocycles. The van der Waals surface area contributed by atoms with Crippen LogP contribution in [-0.2, 0) is 11.3 Å². The zero-order valence-corrected chi connectivity index (χ0v) is 16.5. The van der Waals surface area contributed by atoms with E-state index in [4.69, 9.17) is 10.7 Å². The maximum Gasteiger partial charge on any atom is 0.250 e. The normalized spacial score (nSPS) is 16.9. The van der Waals surface area contributed by atoms with E-state index in [1.807, 2.05) is 54.4 Å². The van der Waals surface area contributed by atoms with Gasteiger partial charge in [0.1, 0.15) is 0 Å². The van der Waals surface area contributed by atoms with Crippen LogP contribution in [0.1, 0.15) is 46.9 Å². The molecule has 0 aliphatic carbocycles. The quantitative estimate of drug-likeness (QED) is 0.723. The molecule has 1 fully saturated rings. The highest BCUT2D eigenvalue weighted by Crippen LogP contribution is 2.30. The van der Waals surface area contributed by atoms with E-state index in [-0.39, 0.29) is 11.8 Å². The van der Waals surface area contributed by atoms with E-state index in [2.05, 4.69) is 5.10 Å². The fourth-order valence-corrected chi connectivity index (χ4v) is 4.02. The Morgan fingerprint density at radius 2 is 2.07 bits per heavy atom. The summed E-state index contributed by atoms with van der Waals surface area (Å²) in [5.74, 6) is -0.369. The first-order chi connectivity index (χ1) is 14.0.